The third kappa shape index (κ3) is 3.32. The van der Waals surface area contributed by atoms with Gasteiger partial charge in [0.15, 0.2) is 0 Å². The molecule has 0 spiro atoms. The number of nitrogens with zero attached hydrogens (tertiary/aromatic N) is 2. The Morgan fingerprint density at radius 1 is 1.15 bits per heavy atom. The summed E-state index contributed by atoms with van der Waals surface area (Å²) >= 11 is 0. The Kier molecular flexibility index (Phi) is 5.30. The number of amides is 2. The molecule has 140 valence electrons. The Hall–Kier alpha value is -2.37. The van der Waals surface area contributed by atoms with Crippen LogP contribution in [0.3, 0.4) is 0 Å². The van der Waals surface area contributed by atoms with Crippen molar-refractivity contribution in [2.75, 3.05) is 18.5 Å². The minimum absolute atomic E-state index is 0.0183. The van der Waals surface area contributed by atoms with Crippen molar-refractivity contribution >= 4 is 23.5 Å². The first kappa shape index (κ1) is 18.4. The molecular formula is C20H26N2O4. The molecule has 2 amide bonds. The average molecular weight is 358 g/mol. The number of fused-ring (bicyclic) bond motifs is 1. The number of rotatable bonds is 5. The largest absolute Gasteiger partial charge is 0.479 e. The lowest BCUT2D eigenvalue weighted by molar-refractivity contribution is -0.160. The number of benzene rings is 1. The molecule has 2 aliphatic rings. The summed E-state index contributed by atoms with van der Waals surface area (Å²) in [5.74, 6) is -1.12. The number of anilines is 1. The van der Waals surface area contributed by atoms with Crippen molar-refractivity contribution in [1.82, 2.24) is 4.90 Å². The Morgan fingerprint density at radius 2 is 1.85 bits per heavy atom. The van der Waals surface area contributed by atoms with E-state index in [1.165, 1.54) is 4.90 Å². The lowest BCUT2D eigenvalue weighted by atomic mass is 9.80. The Bertz CT molecular complexity index is 710. The second kappa shape index (κ2) is 7.48. The molecular weight excluding hydrogens is 332 g/mol. The molecule has 1 heterocycles. The maximum Gasteiger partial charge on any atom is 0.329 e. The van der Waals surface area contributed by atoms with Crippen LogP contribution in [0.2, 0.25) is 0 Å². The first-order chi connectivity index (χ1) is 12.5. The van der Waals surface area contributed by atoms with E-state index in [0.29, 0.717) is 19.3 Å². The second-order valence-corrected chi connectivity index (χ2v) is 7.27. The van der Waals surface area contributed by atoms with E-state index in [1.54, 1.807) is 11.9 Å². The van der Waals surface area contributed by atoms with Crippen molar-refractivity contribution in [3.63, 3.8) is 0 Å². The summed E-state index contributed by atoms with van der Waals surface area (Å²) < 4.78 is 0. The first-order valence-electron chi connectivity index (χ1n) is 9.34. The van der Waals surface area contributed by atoms with E-state index in [0.717, 1.165) is 36.9 Å². The molecule has 0 saturated heterocycles. The van der Waals surface area contributed by atoms with Crippen molar-refractivity contribution in [3.8, 4) is 0 Å². The van der Waals surface area contributed by atoms with Crippen molar-refractivity contribution in [2.24, 2.45) is 0 Å². The van der Waals surface area contributed by atoms with Crippen molar-refractivity contribution in [2.45, 2.75) is 56.9 Å². The van der Waals surface area contributed by atoms with Gasteiger partial charge in [-0.05, 0) is 30.9 Å². The summed E-state index contributed by atoms with van der Waals surface area (Å²) in [6.07, 6.45) is 4.94. The monoisotopic (exact) mass is 358 g/mol. The quantitative estimate of drug-likeness (QED) is 0.878. The summed E-state index contributed by atoms with van der Waals surface area (Å²) in [4.78, 5) is 40.0. The zero-order valence-corrected chi connectivity index (χ0v) is 15.2. The number of carbonyl (C=O) groups excluding carboxylic acids is 2. The molecule has 1 aliphatic heterocycles. The molecule has 1 aromatic carbocycles. The van der Waals surface area contributed by atoms with Gasteiger partial charge in [-0.25, -0.2) is 4.79 Å². The number of likely N-dealkylation sites (N-methyl/N-ethyl adjacent to an activating group) is 1. The predicted molar refractivity (Wildman–Crippen MR) is 98.0 cm³/mol. The maximum atomic E-state index is 12.7. The fourth-order valence-electron chi connectivity index (χ4n) is 4.18. The number of carboxylic acid groups (broad SMARTS) is 1. The van der Waals surface area contributed by atoms with Crippen molar-refractivity contribution < 1.29 is 19.5 Å². The van der Waals surface area contributed by atoms with Gasteiger partial charge in [0.25, 0.3) is 0 Å². The molecule has 1 aromatic rings. The third-order valence-corrected chi connectivity index (χ3v) is 5.84. The number of carboxylic acids is 1. The molecule has 0 radical (unpaired) electrons. The van der Waals surface area contributed by atoms with Crippen LogP contribution in [0.1, 0.15) is 50.5 Å². The predicted octanol–water partition coefficient (Wildman–Crippen LogP) is 2.60. The number of hydrogen-bond donors (Lipinski definition) is 1. The molecule has 0 unspecified atom stereocenters. The molecule has 1 N–H and O–H groups in total. The maximum absolute atomic E-state index is 12.7. The molecule has 1 fully saturated rings. The SMILES string of the molecule is CN(C(=O)CCN1C(=O)CCc2ccccc21)C1(C(=O)O)CCCCC1. The Balaban J connectivity index is 1.70. The summed E-state index contributed by atoms with van der Waals surface area (Å²) in [6, 6.07) is 7.75. The molecule has 1 saturated carbocycles. The van der Waals surface area contributed by atoms with Gasteiger partial charge in [0, 0.05) is 32.1 Å². The Labute approximate surface area is 153 Å². The van der Waals surface area contributed by atoms with Crippen LogP contribution in [0.15, 0.2) is 24.3 Å². The number of aryl methyl sites for hydroxylation is 1. The number of carbonyl (C=O) groups is 3. The summed E-state index contributed by atoms with van der Waals surface area (Å²) in [5, 5.41) is 9.74. The molecule has 26 heavy (non-hydrogen) atoms. The number of aliphatic carboxylic acids is 1. The number of hydrogen-bond acceptors (Lipinski definition) is 3. The van der Waals surface area contributed by atoms with Gasteiger partial charge in [-0.2, -0.15) is 0 Å². The van der Waals surface area contributed by atoms with E-state index in [9.17, 15) is 19.5 Å². The molecule has 6 nitrogen and oxygen atoms in total. The minimum Gasteiger partial charge on any atom is -0.479 e. The molecule has 0 bridgehead atoms. The van der Waals surface area contributed by atoms with Crippen LogP contribution in [0.25, 0.3) is 0 Å². The highest BCUT2D eigenvalue weighted by Gasteiger charge is 2.45. The summed E-state index contributed by atoms with van der Waals surface area (Å²) in [7, 11) is 1.59. The van der Waals surface area contributed by atoms with Gasteiger partial charge in [0.2, 0.25) is 11.8 Å². The zero-order valence-electron chi connectivity index (χ0n) is 15.2. The van der Waals surface area contributed by atoms with Crippen LogP contribution in [0.4, 0.5) is 5.69 Å². The van der Waals surface area contributed by atoms with E-state index in [2.05, 4.69) is 0 Å². The van der Waals surface area contributed by atoms with Gasteiger partial charge >= 0.3 is 5.97 Å². The van der Waals surface area contributed by atoms with Gasteiger partial charge in [0.1, 0.15) is 5.54 Å². The lowest BCUT2D eigenvalue weighted by Crippen LogP contribution is -2.56. The highest BCUT2D eigenvalue weighted by Crippen LogP contribution is 2.34. The zero-order chi connectivity index (χ0) is 18.7. The van der Waals surface area contributed by atoms with Gasteiger partial charge in [-0.15, -0.1) is 0 Å². The van der Waals surface area contributed by atoms with Crippen LogP contribution in [-0.2, 0) is 20.8 Å². The normalized spacial score (nSPS) is 19.0. The van der Waals surface area contributed by atoms with E-state index >= 15 is 0 Å². The standard InChI is InChI=1S/C20H26N2O4/c1-21(20(19(25)26)12-5-2-6-13-20)17(23)11-14-22-16-8-4-3-7-15(16)9-10-18(22)24/h3-4,7-8H,2,5-6,9-14H2,1H3,(H,25,26). The van der Waals surface area contributed by atoms with Crippen LogP contribution >= 0.6 is 0 Å². The first-order valence-corrected chi connectivity index (χ1v) is 9.34. The van der Waals surface area contributed by atoms with E-state index in [-0.39, 0.29) is 24.8 Å². The molecule has 6 heteroatoms. The van der Waals surface area contributed by atoms with Crippen LogP contribution in [0.5, 0.6) is 0 Å². The fourth-order valence-corrected chi connectivity index (χ4v) is 4.18. The second-order valence-electron chi connectivity index (χ2n) is 7.27. The highest BCUT2D eigenvalue weighted by molar-refractivity contribution is 5.97. The molecule has 0 aromatic heterocycles. The number of para-hydroxylation sites is 1. The van der Waals surface area contributed by atoms with Crippen LogP contribution in [0, 0.1) is 0 Å². The third-order valence-electron chi connectivity index (χ3n) is 5.84. The van der Waals surface area contributed by atoms with E-state index in [4.69, 9.17) is 0 Å². The topological polar surface area (TPSA) is 77.9 Å². The van der Waals surface area contributed by atoms with Gasteiger partial charge in [0.05, 0.1) is 0 Å². The van der Waals surface area contributed by atoms with Gasteiger partial charge < -0.3 is 14.9 Å². The van der Waals surface area contributed by atoms with E-state index in [1.807, 2.05) is 24.3 Å². The van der Waals surface area contributed by atoms with Crippen LogP contribution < -0.4 is 4.90 Å². The van der Waals surface area contributed by atoms with Gasteiger partial charge in [-0.1, -0.05) is 37.5 Å². The minimum atomic E-state index is -1.10. The van der Waals surface area contributed by atoms with E-state index < -0.39 is 11.5 Å². The Morgan fingerprint density at radius 3 is 2.54 bits per heavy atom. The summed E-state index contributed by atoms with van der Waals surface area (Å²) in [6.45, 7) is 0.286. The van der Waals surface area contributed by atoms with Crippen molar-refractivity contribution in [3.05, 3.63) is 29.8 Å². The highest BCUT2D eigenvalue weighted by atomic mass is 16.4. The average Bonchev–Trinajstić information content (AvgIpc) is 2.66. The molecule has 3 rings (SSSR count). The fraction of sp³-hybridized carbons (Fsp3) is 0.550. The van der Waals surface area contributed by atoms with Crippen molar-refractivity contribution in [1.29, 1.82) is 0 Å². The molecule has 1 aliphatic carbocycles. The summed E-state index contributed by atoms with van der Waals surface area (Å²) in [5.41, 5.74) is 0.881. The molecule has 0 atom stereocenters. The lowest BCUT2D eigenvalue weighted by Gasteiger charge is -2.41. The van der Waals surface area contributed by atoms with Crippen LogP contribution in [-0.4, -0.2) is 46.9 Å². The van der Waals surface area contributed by atoms with Gasteiger partial charge in [-0.3, -0.25) is 9.59 Å². The smallest absolute Gasteiger partial charge is 0.329 e.